The Hall–Kier alpha value is -3.03. The molecule has 5 rings (SSSR count). The summed E-state index contributed by atoms with van der Waals surface area (Å²) >= 11 is 9.97. The first-order valence-electron chi connectivity index (χ1n) is 11.3. The number of ether oxygens (including phenoxy) is 2. The number of non-ortho nitro benzene ring substituents is 1. The minimum absolute atomic E-state index is 0.00507. The Balaban J connectivity index is 1.49. The minimum atomic E-state index is -0.323. The van der Waals surface area contributed by atoms with Gasteiger partial charge in [-0.05, 0) is 70.1 Å². The fourth-order valence-electron chi connectivity index (χ4n) is 5.13. The van der Waals surface area contributed by atoms with Gasteiger partial charge in [-0.1, -0.05) is 42.0 Å². The van der Waals surface area contributed by atoms with Gasteiger partial charge in [-0.25, -0.2) is 0 Å². The van der Waals surface area contributed by atoms with Gasteiger partial charge < -0.3 is 14.8 Å². The van der Waals surface area contributed by atoms with E-state index in [0.717, 1.165) is 38.8 Å². The van der Waals surface area contributed by atoms with Crippen LogP contribution in [-0.2, 0) is 6.61 Å². The van der Waals surface area contributed by atoms with Crippen molar-refractivity contribution in [3.05, 3.63) is 103 Å². The van der Waals surface area contributed by atoms with Crippen molar-refractivity contribution >= 4 is 38.9 Å². The number of allylic oxidation sites excluding steroid dienone is 2. The number of aryl methyl sites for hydroxylation is 1. The van der Waals surface area contributed by atoms with Gasteiger partial charge in [-0.3, -0.25) is 10.1 Å². The molecule has 1 N–H and O–H groups in total. The molecule has 0 bridgehead atoms. The van der Waals surface area contributed by atoms with Crippen LogP contribution in [0.3, 0.4) is 0 Å². The van der Waals surface area contributed by atoms with Gasteiger partial charge >= 0.3 is 0 Å². The summed E-state index contributed by atoms with van der Waals surface area (Å²) in [7, 11) is 1.63. The number of anilines is 1. The molecule has 1 aliphatic heterocycles. The van der Waals surface area contributed by atoms with Crippen molar-refractivity contribution in [1.29, 1.82) is 0 Å². The Morgan fingerprint density at radius 1 is 1.23 bits per heavy atom. The summed E-state index contributed by atoms with van der Waals surface area (Å²) in [5, 5.41) is 15.8. The first-order valence-corrected chi connectivity index (χ1v) is 12.5. The molecule has 0 radical (unpaired) electrons. The summed E-state index contributed by atoms with van der Waals surface area (Å²) < 4.78 is 12.6. The lowest BCUT2D eigenvalue weighted by atomic mass is 9.76. The molecule has 0 unspecified atom stereocenters. The van der Waals surface area contributed by atoms with E-state index in [0.29, 0.717) is 23.1 Å². The molecule has 0 fully saturated rings. The Labute approximate surface area is 217 Å². The van der Waals surface area contributed by atoms with Crippen LogP contribution in [0.4, 0.5) is 11.4 Å². The molecule has 6 nitrogen and oxygen atoms in total. The Morgan fingerprint density at radius 2 is 2.03 bits per heavy atom. The van der Waals surface area contributed by atoms with Gasteiger partial charge in [-0.2, -0.15) is 0 Å². The van der Waals surface area contributed by atoms with Crippen LogP contribution in [0.5, 0.6) is 11.5 Å². The molecular formula is C27H24BrClN2O4. The van der Waals surface area contributed by atoms with Crippen molar-refractivity contribution in [3.63, 3.8) is 0 Å². The van der Waals surface area contributed by atoms with Gasteiger partial charge in [0, 0.05) is 34.3 Å². The third kappa shape index (κ3) is 4.39. The van der Waals surface area contributed by atoms with Crippen LogP contribution >= 0.6 is 27.5 Å². The number of nitro benzene ring substituents is 1. The number of hydrogen-bond acceptors (Lipinski definition) is 5. The number of nitrogens with zero attached hydrogens (tertiary/aromatic N) is 1. The van der Waals surface area contributed by atoms with Crippen LogP contribution in [0.2, 0.25) is 5.02 Å². The smallest absolute Gasteiger partial charge is 0.270 e. The fourth-order valence-corrected chi connectivity index (χ4v) is 5.89. The monoisotopic (exact) mass is 554 g/mol. The molecule has 1 aliphatic carbocycles. The van der Waals surface area contributed by atoms with E-state index in [1.165, 1.54) is 0 Å². The first-order chi connectivity index (χ1) is 16.9. The quantitative estimate of drug-likeness (QED) is 0.191. The van der Waals surface area contributed by atoms with Crippen LogP contribution in [0.1, 0.15) is 40.6 Å². The van der Waals surface area contributed by atoms with E-state index < -0.39 is 0 Å². The number of nitrogens with one attached hydrogen (secondary N) is 1. The van der Waals surface area contributed by atoms with Gasteiger partial charge in [0.15, 0.2) is 11.5 Å². The van der Waals surface area contributed by atoms with E-state index >= 15 is 0 Å². The van der Waals surface area contributed by atoms with E-state index in [4.69, 9.17) is 21.1 Å². The molecule has 3 aromatic carbocycles. The van der Waals surface area contributed by atoms with Gasteiger partial charge in [0.1, 0.15) is 6.61 Å². The standard InChI is InChI=1S/C27H24BrClN2O4/c1-15-10-18(31(32)33)13-21-19-7-5-8-20(19)26(30-25(15)21)17-11-22(28)27(24(12-17)34-2)35-14-16-6-3-4-9-23(16)29/h3-7,9-13,19-20,26,30H,8,14H2,1-2H3/t19-,20+,26+/m1/s1. The highest BCUT2D eigenvalue weighted by Crippen LogP contribution is 2.52. The van der Waals surface area contributed by atoms with Crippen molar-refractivity contribution in [2.75, 3.05) is 12.4 Å². The number of nitro groups is 1. The Kier molecular flexibility index (Phi) is 6.47. The summed E-state index contributed by atoms with van der Waals surface area (Å²) in [4.78, 5) is 11.1. The highest BCUT2D eigenvalue weighted by molar-refractivity contribution is 9.10. The predicted octanol–water partition coefficient (Wildman–Crippen LogP) is 7.73. The topological polar surface area (TPSA) is 73.6 Å². The highest BCUT2D eigenvalue weighted by atomic mass is 79.9. The van der Waals surface area contributed by atoms with Gasteiger partial charge in [-0.15, -0.1) is 0 Å². The van der Waals surface area contributed by atoms with Gasteiger partial charge in [0.2, 0.25) is 0 Å². The maximum absolute atomic E-state index is 11.4. The maximum atomic E-state index is 11.4. The zero-order chi connectivity index (χ0) is 24.7. The van der Waals surface area contributed by atoms with E-state index in [1.54, 1.807) is 19.2 Å². The molecule has 0 saturated heterocycles. The summed E-state index contributed by atoms with van der Waals surface area (Å²) in [6, 6.07) is 15.0. The molecule has 180 valence electrons. The second-order valence-corrected chi connectivity index (χ2v) is 10.1. The van der Waals surface area contributed by atoms with E-state index in [9.17, 15) is 10.1 Å². The molecule has 0 spiro atoms. The molecule has 1 heterocycles. The van der Waals surface area contributed by atoms with Crippen molar-refractivity contribution in [2.45, 2.75) is 31.9 Å². The number of rotatable bonds is 6. The van der Waals surface area contributed by atoms with Gasteiger partial charge in [0.05, 0.1) is 22.5 Å². The molecule has 0 aromatic heterocycles. The molecule has 0 amide bonds. The molecule has 0 saturated carbocycles. The molecule has 3 aromatic rings. The first kappa shape index (κ1) is 23.7. The third-order valence-electron chi connectivity index (χ3n) is 6.80. The highest BCUT2D eigenvalue weighted by Gasteiger charge is 2.40. The zero-order valence-electron chi connectivity index (χ0n) is 19.3. The summed E-state index contributed by atoms with van der Waals surface area (Å²) in [6.45, 7) is 2.23. The number of benzene rings is 3. The second-order valence-electron chi connectivity index (χ2n) is 8.87. The lowest BCUT2D eigenvalue weighted by Crippen LogP contribution is -2.29. The minimum Gasteiger partial charge on any atom is -0.493 e. The second kappa shape index (κ2) is 9.55. The lowest BCUT2D eigenvalue weighted by molar-refractivity contribution is -0.385. The average molecular weight is 556 g/mol. The zero-order valence-corrected chi connectivity index (χ0v) is 21.6. The van der Waals surface area contributed by atoms with Crippen molar-refractivity contribution < 1.29 is 14.4 Å². The number of hydrogen-bond donors (Lipinski definition) is 1. The van der Waals surface area contributed by atoms with E-state index in [1.807, 2.05) is 37.3 Å². The van der Waals surface area contributed by atoms with Crippen molar-refractivity contribution in [3.8, 4) is 11.5 Å². The molecule has 35 heavy (non-hydrogen) atoms. The normalized spacial score (nSPS) is 20.1. The van der Waals surface area contributed by atoms with Crippen LogP contribution in [0, 0.1) is 23.0 Å². The van der Waals surface area contributed by atoms with E-state index in [-0.39, 0.29) is 28.5 Å². The number of fused-ring (bicyclic) bond motifs is 3. The molecule has 8 heteroatoms. The Morgan fingerprint density at radius 3 is 2.77 bits per heavy atom. The largest absolute Gasteiger partial charge is 0.493 e. The van der Waals surface area contributed by atoms with E-state index in [2.05, 4.69) is 39.5 Å². The summed E-state index contributed by atoms with van der Waals surface area (Å²) in [5.74, 6) is 1.57. The van der Waals surface area contributed by atoms with Crippen LogP contribution in [0.15, 0.2) is 65.2 Å². The maximum Gasteiger partial charge on any atom is 0.270 e. The molecule has 3 atom stereocenters. The SMILES string of the molecule is COc1cc([C@@H]2Nc3c(C)cc([N+](=O)[O-])cc3[C@@H]3C=CC[C@@H]32)cc(Br)c1OCc1ccccc1Cl. The van der Waals surface area contributed by atoms with Crippen LogP contribution < -0.4 is 14.8 Å². The summed E-state index contributed by atoms with van der Waals surface area (Å²) in [6.07, 6.45) is 5.22. The fraction of sp³-hybridized carbons (Fsp3) is 0.259. The van der Waals surface area contributed by atoms with Crippen LogP contribution in [-0.4, -0.2) is 12.0 Å². The number of methoxy groups -OCH3 is 1. The summed E-state index contributed by atoms with van der Waals surface area (Å²) in [5.41, 5.74) is 4.89. The van der Waals surface area contributed by atoms with Crippen molar-refractivity contribution in [1.82, 2.24) is 0 Å². The number of halogens is 2. The lowest BCUT2D eigenvalue weighted by Gasteiger charge is -2.38. The van der Waals surface area contributed by atoms with Crippen LogP contribution in [0.25, 0.3) is 0 Å². The third-order valence-corrected chi connectivity index (χ3v) is 7.76. The predicted molar refractivity (Wildman–Crippen MR) is 141 cm³/mol. The molecular weight excluding hydrogens is 532 g/mol. The van der Waals surface area contributed by atoms with Crippen molar-refractivity contribution in [2.24, 2.45) is 5.92 Å². The molecule has 2 aliphatic rings. The van der Waals surface area contributed by atoms with Gasteiger partial charge in [0.25, 0.3) is 5.69 Å². The average Bonchev–Trinajstić information content (AvgIpc) is 3.33. The Bertz CT molecular complexity index is 1340.